The van der Waals surface area contributed by atoms with Gasteiger partial charge in [0.25, 0.3) is 0 Å². The predicted molar refractivity (Wildman–Crippen MR) is 91.3 cm³/mol. The smallest absolute Gasteiger partial charge is 0.223 e. The zero-order chi connectivity index (χ0) is 17.8. The Balaban J connectivity index is 1.70. The molecule has 0 aromatic heterocycles. The van der Waals surface area contributed by atoms with Gasteiger partial charge in [-0.25, -0.2) is 25.9 Å². The second-order valence-electron chi connectivity index (χ2n) is 6.65. The van der Waals surface area contributed by atoms with E-state index in [-0.39, 0.29) is 30.2 Å². The quantitative estimate of drug-likeness (QED) is 0.625. The largest absolute Gasteiger partial charge is 0.355 e. The molecule has 1 saturated carbocycles. The summed E-state index contributed by atoms with van der Waals surface area (Å²) in [5.41, 5.74) is 0. The molecule has 8 nitrogen and oxygen atoms in total. The molecule has 0 aromatic carbocycles. The van der Waals surface area contributed by atoms with Crippen molar-refractivity contribution >= 4 is 26.0 Å². The van der Waals surface area contributed by atoms with Gasteiger partial charge in [0, 0.05) is 31.6 Å². The van der Waals surface area contributed by atoms with Gasteiger partial charge < -0.3 is 5.32 Å². The lowest BCUT2D eigenvalue weighted by atomic mass is 9.97. The number of hydrogen-bond acceptors (Lipinski definition) is 5. The Kier molecular flexibility index (Phi) is 6.63. The summed E-state index contributed by atoms with van der Waals surface area (Å²) in [6.45, 7) is 0.740. The van der Waals surface area contributed by atoms with E-state index in [1.807, 2.05) is 0 Å². The van der Waals surface area contributed by atoms with E-state index in [0.29, 0.717) is 25.9 Å². The molecule has 0 spiro atoms. The van der Waals surface area contributed by atoms with Crippen LogP contribution in [0.3, 0.4) is 0 Å². The van der Waals surface area contributed by atoms with Crippen molar-refractivity contribution in [2.75, 3.05) is 31.6 Å². The standard InChI is InChI=1S/C14H27N3O5S2/c1-23(19,20)17-9-6-12(7-10-17)14(18)15-8-11-24(21,22)16-13-4-2-3-5-13/h12-13,16H,2-11H2,1H3,(H,15,18). The van der Waals surface area contributed by atoms with Gasteiger partial charge in [0.2, 0.25) is 26.0 Å². The molecule has 1 heterocycles. The van der Waals surface area contributed by atoms with Crippen LogP contribution in [0.4, 0.5) is 0 Å². The van der Waals surface area contributed by atoms with E-state index in [1.54, 1.807) is 0 Å². The fraction of sp³-hybridized carbons (Fsp3) is 0.929. The van der Waals surface area contributed by atoms with Crippen LogP contribution >= 0.6 is 0 Å². The third kappa shape index (κ3) is 5.98. The van der Waals surface area contributed by atoms with Crippen molar-refractivity contribution in [1.82, 2.24) is 14.3 Å². The molecule has 24 heavy (non-hydrogen) atoms. The van der Waals surface area contributed by atoms with Crippen molar-refractivity contribution in [3.8, 4) is 0 Å². The van der Waals surface area contributed by atoms with Crippen LogP contribution in [0.25, 0.3) is 0 Å². The number of nitrogens with zero attached hydrogens (tertiary/aromatic N) is 1. The molecule has 1 amide bonds. The lowest BCUT2D eigenvalue weighted by molar-refractivity contribution is -0.125. The molecule has 1 aliphatic carbocycles. The van der Waals surface area contributed by atoms with E-state index < -0.39 is 20.0 Å². The third-order valence-electron chi connectivity index (χ3n) is 4.67. The Hall–Kier alpha value is -0.710. The van der Waals surface area contributed by atoms with Crippen molar-refractivity contribution in [2.45, 2.75) is 44.6 Å². The first kappa shape index (κ1) is 19.6. The summed E-state index contributed by atoms with van der Waals surface area (Å²) in [5, 5.41) is 2.66. The van der Waals surface area contributed by atoms with Gasteiger partial charge >= 0.3 is 0 Å². The molecule has 0 atom stereocenters. The summed E-state index contributed by atoms with van der Waals surface area (Å²) in [7, 11) is -6.58. The molecule has 0 aromatic rings. The second kappa shape index (κ2) is 8.11. The van der Waals surface area contributed by atoms with Gasteiger partial charge in [-0.1, -0.05) is 12.8 Å². The summed E-state index contributed by atoms with van der Waals surface area (Å²) < 4.78 is 50.8. The first-order valence-corrected chi connectivity index (χ1v) is 11.9. The SMILES string of the molecule is CS(=O)(=O)N1CCC(C(=O)NCCS(=O)(=O)NC2CCCC2)CC1. The molecule has 2 rings (SSSR count). The third-order valence-corrected chi connectivity index (χ3v) is 7.40. The number of carbonyl (C=O) groups excluding carboxylic acids is 1. The van der Waals surface area contributed by atoms with Crippen molar-refractivity contribution in [1.29, 1.82) is 0 Å². The number of hydrogen-bond donors (Lipinski definition) is 2. The molecule has 2 fully saturated rings. The van der Waals surface area contributed by atoms with Crippen LogP contribution in [0.2, 0.25) is 0 Å². The van der Waals surface area contributed by atoms with Gasteiger partial charge in [-0.05, 0) is 25.7 Å². The minimum Gasteiger partial charge on any atom is -0.355 e. The molecular formula is C14H27N3O5S2. The fourth-order valence-corrected chi connectivity index (χ4v) is 5.37. The highest BCUT2D eigenvalue weighted by atomic mass is 32.2. The Morgan fingerprint density at radius 1 is 1.04 bits per heavy atom. The molecule has 140 valence electrons. The zero-order valence-corrected chi connectivity index (χ0v) is 15.7. The van der Waals surface area contributed by atoms with E-state index in [1.165, 1.54) is 4.31 Å². The van der Waals surface area contributed by atoms with E-state index in [0.717, 1.165) is 31.9 Å². The number of piperidine rings is 1. The number of nitrogens with one attached hydrogen (secondary N) is 2. The predicted octanol–water partition coefficient (Wildman–Crippen LogP) is -0.364. The summed E-state index contributed by atoms with van der Waals surface area (Å²) in [6, 6.07) is 0.0334. The van der Waals surface area contributed by atoms with Crippen molar-refractivity contribution in [3.05, 3.63) is 0 Å². The van der Waals surface area contributed by atoms with Crippen molar-refractivity contribution in [3.63, 3.8) is 0 Å². The molecule has 1 aliphatic heterocycles. The van der Waals surface area contributed by atoms with Gasteiger partial charge in [0.05, 0.1) is 12.0 Å². The number of sulfonamides is 2. The number of carbonyl (C=O) groups is 1. The van der Waals surface area contributed by atoms with Gasteiger partial charge in [-0.2, -0.15) is 0 Å². The Morgan fingerprint density at radius 3 is 2.17 bits per heavy atom. The van der Waals surface area contributed by atoms with Gasteiger partial charge in [-0.3, -0.25) is 4.79 Å². The van der Waals surface area contributed by atoms with Crippen LogP contribution in [0.5, 0.6) is 0 Å². The highest BCUT2D eigenvalue weighted by Gasteiger charge is 2.29. The monoisotopic (exact) mass is 381 g/mol. The molecule has 1 saturated heterocycles. The molecule has 2 aliphatic rings. The average Bonchev–Trinajstić information content (AvgIpc) is 2.98. The summed E-state index contributed by atoms with van der Waals surface area (Å²) in [5.74, 6) is -0.579. The molecule has 0 bridgehead atoms. The Bertz CT molecular complexity index is 633. The van der Waals surface area contributed by atoms with Crippen LogP contribution in [0.1, 0.15) is 38.5 Å². The second-order valence-corrected chi connectivity index (χ2v) is 10.5. The zero-order valence-electron chi connectivity index (χ0n) is 14.0. The van der Waals surface area contributed by atoms with Crippen LogP contribution in [0.15, 0.2) is 0 Å². The van der Waals surface area contributed by atoms with Crippen molar-refractivity contribution < 1.29 is 21.6 Å². The first-order chi connectivity index (χ1) is 11.2. The van der Waals surface area contributed by atoms with Crippen molar-refractivity contribution in [2.24, 2.45) is 5.92 Å². The molecular weight excluding hydrogens is 354 g/mol. The lowest BCUT2D eigenvalue weighted by Crippen LogP contribution is -2.44. The van der Waals surface area contributed by atoms with Gasteiger partial charge in [-0.15, -0.1) is 0 Å². The van der Waals surface area contributed by atoms with Crippen LogP contribution < -0.4 is 10.0 Å². The minimum atomic E-state index is -3.37. The number of rotatable bonds is 7. The maximum Gasteiger partial charge on any atom is 0.223 e. The maximum atomic E-state index is 12.1. The highest BCUT2D eigenvalue weighted by molar-refractivity contribution is 7.89. The minimum absolute atomic E-state index is 0.0334. The van der Waals surface area contributed by atoms with Crippen LogP contribution in [0, 0.1) is 5.92 Å². The number of amides is 1. The first-order valence-electron chi connectivity index (χ1n) is 8.40. The van der Waals surface area contributed by atoms with E-state index in [9.17, 15) is 21.6 Å². The molecule has 10 heteroatoms. The van der Waals surface area contributed by atoms with Crippen LogP contribution in [-0.2, 0) is 24.8 Å². The molecule has 2 N–H and O–H groups in total. The topological polar surface area (TPSA) is 113 Å². The summed E-state index contributed by atoms with van der Waals surface area (Å²) >= 11 is 0. The maximum absolute atomic E-state index is 12.1. The van der Waals surface area contributed by atoms with E-state index >= 15 is 0 Å². The highest BCUT2D eigenvalue weighted by Crippen LogP contribution is 2.19. The summed E-state index contributed by atoms with van der Waals surface area (Å²) in [4.78, 5) is 12.1. The van der Waals surface area contributed by atoms with Gasteiger partial charge in [0.1, 0.15) is 0 Å². The Labute approximate surface area is 144 Å². The fourth-order valence-electron chi connectivity index (χ4n) is 3.26. The normalized spacial score (nSPS) is 21.9. The lowest BCUT2D eigenvalue weighted by Gasteiger charge is -2.29. The summed E-state index contributed by atoms with van der Waals surface area (Å²) in [6.07, 6.45) is 5.95. The molecule has 0 radical (unpaired) electrons. The molecule has 0 unspecified atom stereocenters. The van der Waals surface area contributed by atoms with E-state index in [4.69, 9.17) is 0 Å². The Morgan fingerprint density at radius 2 is 1.62 bits per heavy atom. The average molecular weight is 382 g/mol. The van der Waals surface area contributed by atoms with Gasteiger partial charge in [0.15, 0.2) is 0 Å². The van der Waals surface area contributed by atoms with E-state index in [2.05, 4.69) is 10.0 Å². The van der Waals surface area contributed by atoms with Crippen LogP contribution in [-0.4, -0.2) is 64.7 Å².